The number of phenols is 1. The molecule has 0 spiro atoms. The van der Waals surface area contributed by atoms with Crippen LogP contribution in [0.1, 0.15) is 0 Å². The van der Waals surface area contributed by atoms with Gasteiger partial charge in [-0.05, 0) is 24.3 Å². The van der Waals surface area contributed by atoms with Crippen LogP contribution in [0.3, 0.4) is 0 Å². The molecular formula is C18H21N3O3. The van der Waals surface area contributed by atoms with Crippen LogP contribution >= 0.6 is 0 Å². The molecule has 2 amide bonds. The standard InChI is InChI=1S/C18H21N3O3/c1-24-17-8-3-2-7-16(17)19-18(23)21-11-9-20(10-12-21)14-5-4-6-15(22)13-14/h2-8,13,22H,9-12H2,1H3,(H,19,23). The lowest BCUT2D eigenvalue weighted by atomic mass is 10.2. The predicted octanol–water partition coefficient (Wildman–Crippen LogP) is 2.75. The van der Waals surface area contributed by atoms with E-state index in [-0.39, 0.29) is 11.8 Å². The molecule has 1 saturated heterocycles. The Balaban J connectivity index is 1.59. The molecule has 2 N–H and O–H groups in total. The molecule has 1 aliphatic heterocycles. The Morgan fingerprint density at radius 1 is 1.08 bits per heavy atom. The highest BCUT2D eigenvalue weighted by molar-refractivity contribution is 5.91. The van der Waals surface area contributed by atoms with Crippen molar-refractivity contribution in [2.75, 3.05) is 43.5 Å². The Labute approximate surface area is 141 Å². The van der Waals surface area contributed by atoms with Gasteiger partial charge in [0.25, 0.3) is 0 Å². The van der Waals surface area contributed by atoms with E-state index in [0.717, 1.165) is 18.8 Å². The first-order valence-corrected chi connectivity index (χ1v) is 7.90. The number of para-hydroxylation sites is 2. The van der Waals surface area contributed by atoms with Crippen LogP contribution in [0.2, 0.25) is 0 Å². The summed E-state index contributed by atoms with van der Waals surface area (Å²) < 4.78 is 5.25. The lowest BCUT2D eigenvalue weighted by molar-refractivity contribution is 0.208. The number of nitrogens with zero attached hydrogens (tertiary/aromatic N) is 2. The van der Waals surface area contributed by atoms with Gasteiger partial charge in [-0.1, -0.05) is 18.2 Å². The van der Waals surface area contributed by atoms with Gasteiger partial charge in [0.05, 0.1) is 12.8 Å². The number of rotatable bonds is 3. The summed E-state index contributed by atoms with van der Waals surface area (Å²) in [4.78, 5) is 16.4. The Kier molecular flexibility index (Phi) is 4.74. The number of benzene rings is 2. The molecule has 0 bridgehead atoms. The van der Waals surface area contributed by atoms with Crippen molar-refractivity contribution in [2.45, 2.75) is 0 Å². The number of methoxy groups -OCH3 is 1. The molecule has 1 heterocycles. The Morgan fingerprint density at radius 3 is 2.54 bits per heavy atom. The maximum Gasteiger partial charge on any atom is 0.322 e. The first-order valence-electron chi connectivity index (χ1n) is 7.90. The number of phenolic OH excluding ortho intramolecular Hbond substituents is 1. The number of hydrogen-bond donors (Lipinski definition) is 2. The van der Waals surface area contributed by atoms with Crippen molar-refractivity contribution < 1.29 is 14.6 Å². The molecule has 0 unspecified atom stereocenters. The van der Waals surface area contributed by atoms with E-state index in [1.165, 1.54) is 0 Å². The number of carbonyl (C=O) groups excluding carboxylic acids is 1. The minimum Gasteiger partial charge on any atom is -0.508 e. The minimum absolute atomic E-state index is 0.130. The molecule has 6 nitrogen and oxygen atoms in total. The summed E-state index contributed by atoms with van der Waals surface area (Å²) in [5, 5.41) is 12.5. The number of piperazine rings is 1. The summed E-state index contributed by atoms with van der Waals surface area (Å²) in [5.41, 5.74) is 1.64. The van der Waals surface area contributed by atoms with Crippen molar-refractivity contribution in [1.82, 2.24) is 4.90 Å². The summed E-state index contributed by atoms with van der Waals surface area (Å²) in [5.74, 6) is 0.896. The molecule has 0 radical (unpaired) electrons. The van der Waals surface area contributed by atoms with Crippen LogP contribution < -0.4 is 15.0 Å². The molecule has 2 aromatic carbocycles. The van der Waals surface area contributed by atoms with Crippen molar-refractivity contribution in [1.29, 1.82) is 0 Å². The maximum atomic E-state index is 12.4. The highest BCUT2D eigenvalue weighted by atomic mass is 16.5. The number of hydrogen-bond acceptors (Lipinski definition) is 4. The summed E-state index contributed by atoms with van der Waals surface area (Å²) in [7, 11) is 1.58. The molecule has 24 heavy (non-hydrogen) atoms. The Hall–Kier alpha value is -2.89. The monoisotopic (exact) mass is 327 g/mol. The number of aromatic hydroxyl groups is 1. The highest BCUT2D eigenvalue weighted by Gasteiger charge is 2.22. The Morgan fingerprint density at radius 2 is 1.83 bits per heavy atom. The molecule has 0 aliphatic carbocycles. The van der Waals surface area contributed by atoms with E-state index in [0.29, 0.717) is 24.5 Å². The lowest BCUT2D eigenvalue weighted by Crippen LogP contribution is -2.50. The molecule has 3 rings (SSSR count). The fourth-order valence-corrected chi connectivity index (χ4v) is 2.80. The van der Waals surface area contributed by atoms with Gasteiger partial charge < -0.3 is 25.0 Å². The third-order valence-electron chi connectivity index (χ3n) is 4.11. The Bertz CT molecular complexity index is 712. The smallest absolute Gasteiger partial charge is 0.322 e. The number of amides is 2. The third-order valence-corrected chi connectivity index (χ3v) is 4.11. The molecule has 126 valence electrons. The number of urea groups is 1. The van der Waals surface area contributed by atoms with Gasteiger partial charge in [-0.25, -0.2) is 4.79 Å². The van der Waals surface area contributed by atoms with Crippen LogP contribution in [0.25, 0.3) is 0 Å². The van der Waals surface area contributed by atoms with Gasteiger partial charge in [-0.15, -0.1) is 0 Å². The highest BCUT2D eigenvalue weighted by Crippen LogP contribution is 2.24. The first kappa shape index (κ1) is 16.0. The van der Waals surface area contributed by atoms with Crippen LogP contribution in [0, 0.1) is 0 Å². The quantitative estimate of drug-likeness (QED) is 0.910. The molecule has 2 aromatic rings. The number of carbonyl (C=O) groups is 1. The molecule has 0 atom stereocenters. The molecule has 0 aromatic heterocycles. The number of nitrogens with one attached hydrogen (secondary N) is 1. The zero-order valence-corrected chi connectivity index (χ0v) is 13.6. The SMILES string of the molecule is COc1ccccc1NC(=O)N1CCN(c2cccc(O)c2)CC1. The fraction of sp³-hybridized carbons (Fsp3) is 0.278. The number of anilines is 2. The summed E-state index contributed by atoms with van der Waals surface area (Å²) in [6, 6.07) is 14.4. The van der Waals surface area contributed by atoms with Crippen LogP contribution in [-0.2, 0) is 0 Å². The van der Waals surface area contributed by atoms with E-state index < -0.39 is 0 Å². The summed E-state index contributed by atoms with van der Waals surface area (Å²) in [6.45, 7) is 2.69. The van der Waals surface area contributed by atoms with Crippen molar-refractivity contribution in [3.05, 3.63) is 48.5 Å². The summed E-state index contributed by atoms with van der Waals surface area (Å²) in [6.07, 6.45) is 0. The normalized spacial score (nSPS) is 14.4. The lowest BCUT2D eigenvalue weighted by Gasteiger charge is -2.36. The second-order valence-corrected chi connectivity index (χ2v) is 5.62. The predicted molar refractivity (Wildman–Crippen MR) is 93.9 cm³/mol. The van der Waals surface area contributed by atoms with E-state index in [1.54, 1.807) is 24.1 Å². The third kappa shape index (κ3) is 3.53. The van der Waals surface area contributed by atoms with Gasteiger partial charge in [0.2, 0.25) is 0 Å². The molecular weight excluding hydrogens is 306 g/mol. The average Bonchev–Trinajstić information content (AvgIpc) is 2.62. The molecule has 0 saturated carbocycles. The van der Waals surface area contributed by atoms with E-state index in [4.69, 9.17) is 4.74 Å². The van der Waals surface area contributed by atoms with Crippen LogP contribution in [0.4, 0.5) is 16.2 Å². The minimum atomic E-state index is -0.130. The van der Waals surface area contributed by atoms with Gasteiger partial charge in [0, 0.05) is 37.9 Å². The number of ether oxygens (including phenoxy) is 1. The molecule has 1 fully saturated rings. The second kappa shape index (κ2) is 7.12. The summed E-state index contributed by atoms with van der Waals surface area (Å²) >= 11 is 0. The van der Waals surface area contributed by atoms with E-state index in [1.807, 2.05) is 36.4 Å². The maximum absolute atomic E-state index is 12.4. The van der Waals surface area contributed by atoms with Crippen molar-refractivity contribution >= 4 is 17.4 Å². The van der Waals surface area contributed by atoms with Crippen molar-refractivity contribution in [2.24, 2.45) is 0 Å². The first-order chi connectivity index (χ1) is 11.7. The van der Waals surface area contributed by atoms with Gasteiger partial charge in [0.1, 0.15) is 11.5 Å². The average molecular weight is 327 g/mol. The fourth-order valence-electron chi connectivity index (χ4n) is 2.80. The largest absolute Gasteiger partial charge is 0.508 e. The molecule has 1 aliphatic rings. The van der Waals surface area contributed by atoms with E-state index >= 15 is 0 Å². The van der Waals surface area contributed by atoms with Crippen LogP contribution in [0.5, 0.6) is 11.5 Å². The van der Waals surface area contributed by atoms with Crippen LogP contribution in [0.15, 0.2) is 48.5 Å². The van der Waals surface area contributed by atoms with E-state index in [9.17, 15) is 9.90 Å². The zero-order valence-electron chi connectivity index (χ0n) is 13.6. The topological polar surface area (TPSA) is 65.0 Å². The van der Waals surface area contributed by atoms with Gasteiger partial charge in [-0.3, -0.25) is 0 Å². The van der Waals surface area contributed by atoms with Crippen molar-refractivity contribution in [3.8, 4) is 11.5 Å². The van der Waals surface area contributed by atoms with Gasteiger partial charge in [0.15, 0.2) is 0 Å². The second-order valence-electron chi connectivity index (χ2n) is 5.62. The van der Waals surface area contributed by atoms with Crippen LogP contribution in [-0.4, -0.2) is 49.3 Å². The van der Waals surface area contributed by atoms with Gasteiger partial charge in [-0.2, -0.15) is 0 Å². The van der Waals surface area contributed by atoms with E-state index in [2.05, 4.69) is 10.2 Å². The van der Waals surface area contributed by atoms with Crippen molar-refractivity contribution in [3.63, 3.8) is 0 Å². The van der Waals surface area contributed by atoms with Gasteiger partial charge >= 0.3 is 6.03 Å². The zero-order chi connectivity index (χ0) is 16.9. The molecule has 6 heteroatoms.